The maximum atomic E-state index is 12.8. The van der Waals surface area contributed by atoms with Crippen LogP contribution in [0.2, 0.25) is 5.02 Å². The second kappa shape index (κ2) is 10.3. The van der Waals surface area contributed by atoms with Gasteiger partial charge in [-0.1, -0.05) is 23.7 Å². The van der Waals surface area contributed by atoms with E-state index in [9.17, 15) is 9.59 Å². The topological polar surface area (TPSA) is 87.7 Å². The van der Waals surface area contributed by atoms with Crippen molar-refractivity contribution in [2.75, 3.05) is 38.1 Å². The Hall–Kier alpha value is -3.65. The molecule has 33 heavy (non-hydrogen) atoms. The predicted octanol–water partition coefficient (Wildman–Crippen LogP) is 4.45. The molecule has 3 aromatic rings. The van der Waals surface area contributed by atoms with Crippen molar-refractivity contribution in [1.29, 1.82) is 0 Å². The largest absolute Gasteiger partial charge is 0.450 e. The maximum absolute atomic E-state index is 12.8. The number of carbonyl (C=O) groups is 2. The smallest absolute Gasteiger partial charge is 0.409 e. The van der Waals surface area contributed by atoms with E-state index in [0.29, 0.717) is 49.3 Å². The molecule has 1 aliphatic heterocycles. The third-order valence-electron chi connectivity index (χ3n) is 5.28. The Morgan fingerprint density at radius 2 is 1.64 bits per heavy atom. The molecule has 0 unspecified atom stereocenters. The Labute approximate surface area is 197 Å². The monoisotopic (exact) mass is 465 g/mol. The molecule has 1 aliphatic rings. The van der Waals surface area contributed by atoms with E-state index in [4.69, 9.17) is 16.3 Å². The molecule has 170 valence electrons. The highest BCUT2D eigenvalue weighted by molar-refractivity contribution is 6.30. The SMILES string of the molecule is CCOC(=O)N1CCN(C(=O)c2ccc(Nc3nccc(-c4ccc(Cl)cc4)n3)cc2)CC1. The van der Waals surface area contributed by atoms with Gasteiger partial charge in [-0.3, -0.25) is 4.79 Å². The summed E-state index contributed by atoms with van der Waals surface area (Å²) in [7, 11) is 0. The first-order valence-electron chi connectivity index (χ1n) is 10.7. The number of aromatic nitrogens is 2. The molecule has 4 rings (SSSR count). The molecule has 2 aromatic carbocycles. The van der Waals surface area contributed by atoms with Gasteiger partial charge in [-0.15, -0.1) is 0 Å². The van der Waals surface area contributed by atoms with Crippen LogP contribution in [-0.4, -0.2) is 64.6 Å². The van der Waals surface area contributed by atoms with Gasteiger partial charge < -0.3 is 19.9 Å². The molecule has 0 spiro atoms. The summed E-state index contributed by atoms with van der Waals surface area (Å²) in [5.74, 6) is 0.391. The van der Waals surface area contributed by atoms with Gasteiger partial charge in [0.2, 0.25) is 5.95 Å². The molecule has 1 aromatic heterocycles. The Morgan fingerprint density at radius 1 is 0.970 bits per heavy atom. The van der Waals surface area contributed by atoms with Crippen LogP contribution in [0, 0.1) is 0 Å². The molecular formula is C24H24ClN5O3. The van der Waals surface area contributed by atoms with Crippen LogP contribution >= 0.6 is 11.6 Å². The number of nitrogens with one attached hydrogen (secondary N) is 1. The average Bonchev–Trinajstić information content (AvgIpc) is 2.85. The van der Waals surface area contributed by atoms with Crippen molar-refractivity contribution in [2.45, 2.75) is 6.92 Å². The molecule has 8 nitrogen and oxygen atoms in total. The lowest BCUT2D eigenvalue weighted by Crippen LogP contribution is -2.50. The standard InChI is InChI=1S/C24H24ClN5O3/c1-2-33-24(32)30-15-13-29(14-16-30)22(31)18-5-9-20(10-6-18)27-23-26-12-11-21(28-23)17-3-7-19(25)8-4-17/h3-12H,2,13-16H2,1H3,(H,26,27,28). The van der Waals surface area contributed by atoms with E-state index < -0.39 is 0 Å². The Balaban J connectivity index is 1.37. The highest BCUT2D eigenvalue weighted by Gasteiger charge is 2.25. The van der Waals surface area contributed by atoms with Crippen molar-refractivity contribution in [1.82, 2.24) is 19.8 Å². The fraction of sp³-hybridized carbons (Fsp3) is 0.250. The quantitative estimate of drug-likeness (QED) is 0.598. The first-order chi connectivity index (χ1) is 16.0. The zero-order valence-electron chi connectivity index (χ0n) is 18.2. The van der Waals surface area contributed by atoms with Crippen molar-refractivity contribution in [3.63, 3.8) is 0 Å². The number of piperazine rings is 1. The van der Waals surface area contributed by atoms with Crippen LogP contribution in [0.5, 0.6) is 0 Å². The Bertz CT molecular complexity index is 1110. The van der Waals surface area contributed by atoms with Crippen LogP contribution < -0.4 is 5.32 Å². The molecule has 0 aliphatic carbocycles. The summed E-state index contributed by atoms with van der Waals surface area (Å²) in [4.78, 5) is 36.9. The van der Waals surface area contributed by atoms with Crippen LogP contribution in [0.25, 0.3) is 11.3 Å². The number of amides is 2. The molecule has 0 atom stereocenters. The average molecular weight is 466 g/mol. The van der Waals surface area contributed by atoms with E-state index in [-0.39, 0.29) is 12.0 Å². The van der Waals surface area contributed by atoms with E-state index in [0.717, 1.165) is 16.9 Å². The van der Waals surface area contributed by atoms with Gasteiger partial charge in [0.1, 0.15) is 0 Å². The number of halogens is 1. The summed E-state index contributed by atoms with van der Waals surface area (Å²) in [6.07, 6.45) is 1.36. The number of ether oxygens (including phenoxy) is 1. The van der Waals surface area contributed by atoms with Crippen molar-refractivity contribution in [3.8, 4) is 11.3 Å². The van der Waals surface area contributed by atoms with Gasteiger partial charge in [0.15, 0.2) is 0 Å². The molecular weight excluding hydrogens is 442 g/mol. The van der Waals surface area contributed by atoms with E-state index in [1.807, 2.05) is 42.5 Å². The number of rotatable bonds is 5. The lowest BCUT2D eigenvalue weighted by atomic mass is 10.1. The van der Waals surface area contributed by atoms with Crippen LogP contribution in [0.15, 0.2) is 60.8 Å². The molecule has 2 heterocycles. The summed E-state index contributed by atoms with van der Waals surface area (Å²) >= 11 is 5.96. The van der Waals surface area contributed by atoms with E-state index >= 15 is 0 Å². The first-order valence-corrected chi connectivity index (χ1v) is 11.1. The van der Waals surface area contributed by atoms with E-state index in [1.165, 1.54) is 0 Å². The van der Waals surface area contributed by atoms with Gasteiger partial charge in [-0.25, -0.2) is 14.8 Å². The minimum Gasteiger partial charge on any atom is -0.450 e. The fourth-order valence-electron chi connectivity index (χ4n) is 3.52. The van der Waals surface area contributed by atoms with Gasteiger partial charge in [-0.05, 0) is 49.4 Å². The Morgan fingerprint density at radius 3 is 2.30 bits per heavy atom. The van der Waals surface area contributed by atoms with Crippen molar-refractivity contribution in [3.05, 3.63) is 71.4 Å². The minimum absolute atomic E-state index is 0.0638. The van der Waals surface area contributed by atoms with Crippen LogP contribution in [0.4, 0.5) is 16.4 Å². The second-order valence-corrected chi connectivity index (χ2v) is 7.89. The van der Waals surface area contributed by atoms with Gasteiger partial charge >= 0.3 is 6.09 Å². The minimum atomic E-state index is -0.331. The number of nitrogens with zero attached hydrogens (tertiary/aromatic N) is 4. The zero-order chi connectivity index (χ0) is 23.2. The molecule has 1 saturated heterocycles. The third kappa shape index (κ3) is 5.59. The molecule has 0 bridgehead atoms. The second-order valence-electron chi connectivity index (χ2n) is 7.45. The maximum Gasteiger partial charge on any atom is 0.409 e. The van der Waals surface area contributed by atoms with Gasteiger partial charge in [-0.2, -0.15) is 0 Å². The van der Waals surface area contributed by atoms with Gasteiger partial charge in [0.05, 0.1) is 12.3 Å². The highest BCUT2D eigenvalue weighted by atomic mass is 35.5. The highest BCUT2D eigenvalue weighted by Crippen LogP contribution is 2.22. The van der Waals surface area contributed by atoms with Gasteiger partial charge in [0.25, 0.3) is 5.91 Å². The fourth-order valence-corrected chi connectivity index (χ4v) is 3.64. The van der Waals surface area contributed by atoms with Crippen molar-refractivity contribution >= 4 is 35.2 Å². The lowest BCUT2D eigenvalue weighted by Gasteiger charge is -2.34. The third-order valence-corrected chi connectivity index (χ3v) is 5.53. The number of carbonyl (C=O) groups excluding carboxylic acids is 2. The summed E-state index contributed by atoms with van der Waals surface area (Å²) in [6.45, 7) is 4.00. The van der Waals surface area contributed by atoms with Crippen molar-refractivity contribution in [2.24, 2.45) is 0 Å². The normalized spacial score (nSPS) is 13.5. The molecule has 0 saturated carbocycles. The van der Waals surface area contributed by atoms with E-state index in [1.54, 1.807) is 35.1 Å². The molecule has 2 amide bonds. The summed E-state index contributed by atoms with van der Waals surface area (Å²) in [6, 6.07) is 16.5. The number of hydrogen-bond donors (Lipinski definition) is 1. The van der Waals surface area contributed by atoms with Crippen molar-refractivity contribution < 1.29 is 14.3 Å². The van der Waals surface area contributed by atoms with Crippen LogP contribution in [0.1, 0.15) is 17.3 Å². The lowest BCUT2D eigenvalue weighted by molar-refractivity contribution is 0.0570. The molecule has 1 fully saturated rings. The summed E-state index contributed by atoms with van der Waals surface area (Å²) < 4.78 is 5.02. The number of benzene rings is 2. The summed E-state index contributed by atoms with van der Waals surface area (Å²) in [5, 5.41) is 3.84. The number of anilines is 2. The molecule has 9 heteroatoms. The Kier molecular flexibility index (Phi) is 7.04. The zero-order valence-corrected chi connectivity index (χ0v) is 19.0. The molecule has 0 radical (unpaired) electrons. The molecule has 1 N–H and O–H groups in total. The first kappa shape index (κ1) is 22.5. The van der Waals surface area contributed by atoms with Gasteiger partial charge in [0, 0.05) is 54.2 Å². The predicted molar refractivity (Wildman–Crippen MR) is 127 cm³/mol. The van der Waals surface area contributed by atoms with Crippen LogP contribution in [-0.2, 0) is 4.74 Å². The number of hydrogen-bond acceptors (Lipinski definition) is 6. The summed E-state index contributed by atoms with van der Waals surface area (Å²) in [5.41, 5.74) is 3.07. The van der Waals surface area contributed by atoms with Crippen LogP contribution in [0.3, 0.4) is 0 Å². The van der Waals surface area contributed by atoms with E-state index in [2.05, 4.69) is 15.3 Å².